The summed E-state index contributed by atoms with van der Waals surface area (Å²) in [5, 5.41) is 14.4. The van der Waals surface area contributed by atoms with E-state index in [1.807, 2.05) is 44.2 Å². The normalized spacial score (nSPS) is 12.9. The number of carboxylic acid groups (broad SMARTS) is 1. The van der Waals surface area contributed by atoms with E-state index in [0.717, 1.165) is 5.56 Å². The number of amides is 2. The third kappa shape index (κ3) is 9.91. The Bertz CT molecular complexity index is 622. The number of carbonyl (C=O) groups excluding carboxylic acids is 2. The van der Waals surface area contributed by atoms with Crippen molar-refractivity contribution in [3.8, 4) is 0 Å². The van der Waals surface area contributed by atoms with Crippen LogP contribution < -0.4 is 16.4 Å². The molecule has 0 spiro atoms. The standard InChI is InChI=1S/C20H31N3O5/c1-14(2)12-16(21)18(24)23-17(19(25)26)10-6-7-11-22-20(27)28-13-15-8-4-3-5-9-15/h3-5,8-9,14,16-17H,6-7,10-13,21H2,1-2H3,(H,22,27)(H,23,24)(H,25,26). The summed E-state index contributed by atoms with van der Waals surface area (Å²) in [4.78, 5) is 34.9. The minimum atomic E-state index is -1.10. The number of unbranched alkanes of at least 4 members (excludes halogenated alkanes) is 1. The number of carbonyl (C=O) groups is 3. The third-order valence-corrected chi connectivity index (χ3v) is 4.08. The fraction of sp³-hybridized carbons (Fsp3) is 0.550. The van der Waals surface area contributed by atoms with E-state index in [4.69, 9.17) is 10.5 Å². The summed E-state index contributed by atoms with van der Waals surface area (Å²) in [5.74, 6) is -1.30. The van der Waals surface area contributed by atoms with Crippen LogP contribution in [-0.4, -0.2) is 41.7 Å². The predicted octanol–water partition coefficient (Wildman–Crippen LogP) is 2.03. The first kappa shape index (κ1) is 23.4. The average molecular weight is 393 g/mol. The predicted molar refractivity (Wildman–Crippen MR) is 105 cm³/mol. The van der Waals surface area contributed by atoms with Crippen molar-refractivity contribution >= 4 is 18.0 Å². The molecular formula is C20H31N3O5. The minimum Gasteiger partial charge on any atom is -0.480 e. The van der Waals surface area contributed by atoms with Gasteiger partial charge in [-0.05, 0) is 37.2 Å². The maximum Gasteiger partial charge on any atom is 0.407 e. The summed E-state index contributed by atoms with van der Waals surface area (Å²) in [7, 11) is 0. The van der Waals surface area contributed by atoms with Gasteiger partial charge in [0.15, 0.2) is 0 Å². The van der Waals surface area contributed by atoms with Gasteiger partial charge in [-0.1, -0.05) is 44.2 Å². The molecule has 0 aliphatic heterocycles. The zero-order chi connectivity index (χ0) is 20.9. The summed E-state index contributed by atoms with van der Waals surface area (Å²) < 4.78 is 5.09. The molecule has 2 unspecified atom stereocenters. The number of benzene rings is 1. The number of aliphatic carboxylic acids is 1. The lowest BCUT2D eigenvalue weighted by molar-refractivity contribution is -0.142. The lowest BCUT2D eigenvalue weighted by Gasteiger charge is -2.19. The molecule has 1 rings (SSSR count). The molecule has 0 saturated heterocycles. The van der Waals surface area contributed by atoms with Gasteiger partial charge in [0.1, 0.15) is 12.6 Å². The molecule has 0 bridgehead atoms. The van der Waals surface area contributed by atoms with E-state index >= 15 is 0 Å². The summed E-state index contributed by atoms with van der Waals surface area (Å²) in [6, 6.07) is 7.63. The van der Waals surface area contributed by atoms with Crippen molar-refractivity contribution in [2.45, 2.75) is 58.2 Å². The molecule has 8 heteroatoms. The molecular weight excluding hydrogens is 362 g/mol. The SMILES string of the molecule is CC(C)CC(N)C(=O)NC(CCCCNC(=O)OCc1ccccc1)C(=O)O. The van der Waals surface area contributed by atoms with Gasteiger partial charge in [0.2, 0.25) is 5.91 Å². The highest BCUT2D eigenvalue weighted by molar-refractivity contribution is 5.86. The molecule has 0 radical (unpaired) electrons. The zero-order valence-electron chi connectivity index (χ0n) is 16.5. The van der Waals surface area contributed by atoms with E-state index in [1.165, 1.54) is 0 Å². The van der Waals surface area contributed by atoms with E-state index in [-0.39, 0.29) is 18.9 Å². The summed E-state index contributed by atoms with van der Waals surface area (Å²) in [6.45, 7) is 4.44. The van der Waals surface area contributed by atoms with Crippen LogP contribution in [0.5, 0.6) is 0 Å². The number of hydrogen-bond donors (Lipinski definition) is 4. The molecule has 2 atom stereocenters. The van der Waals surface area contributed by atoms with Gasteiger partial charge in [-0.15, -0.1) is 0 Å². The molecule has 28 heavy (non-hydrogen) atoms. The van der Waals surface area contributed by atoms with Crippen LogP contribution in [0.4, 0.5) is 4.79 Å². The van der Waals surface area contributed by atoms with E-state index < -0.39 is 30.1 Å². The van der Waals surface area contributed by atoms with Crippen LogP contribution in [0.2, 0.25) is 0 Å². The highest BCUT2D eigenvalue weighted by Gasteiger charge is 2.23. The fourth-order valence-electron chi connectivity index (χ4n) is 2.59. The van der Waals surface area contributed by atoms with Crippen LogP contribution in [-0.2, 0) is 20.9 Å². The molecule has 0 fully saturated rings. The topological polar surface area (TPSA) is 131 Å². The molecule has 0 aliphatic carbocycles. The first-order valence-electron chi connectivity index (χ1n) is 9.53. The molecule has 0 aromatic heterocycles. The van der Waals surface area contributed by atoms with Crippen molar-refractivity contribution in [1.29, 1.82) is 0 Å². The summed E-state index contributed by atoms with van der Waals surface area (Å²) in [5.41, 5.74) is 6.68. The second-order valence-corrected chi connectivity index (χ2v) is 7.12. The molecule has 0 aliphatic rings. The number of ether oxygens (including phenoxy) is 1. The smallest absolute Gasteiger partial charge is 0.407 e. The van der Waals surface area contributed by atoms with E-state index in [9.17, 15) is 19.5 Å². The first-order chi connectivity index (χ1) is 13.3. The Balaban J connectivity index is 2.23. The van der Waals surface area contributed by atoms with Gasteiger partial charge in [0, 0.05) is 6.54 Å². The number of alkyl carbamates (subject to hydrolysis) is 1. The summed E-state index contributed by atoms with van der Waals surface area (Å²) >= 11 is 0. The molecule has 5 N–H and O–H groups in total. The van der Waals surface area contributed by atoms with Crippen LogP contribution in [0, 0.1) is 5.92 Å². The molecule has 8 nitrogen and oxygen atoms in total. The van der Waals surface area contributed by atoms with Crippen LogP contribution in [0.15, 0.2) is 30.3 Å². The van der Waals surface area contributed by atoms with Gasteiger partial charge >= 0.3 is 12.1 Å². The maximum absolute atomic E-state index is 12.0. The van der Waals surface area contributed by atoms with Crippen molar-refractivity contribution in [2.75, 3.05) is 6.54 Å². The average Bonchev–Trinajstić information content (AvgIpc) is 2.65. The first-order valence-corrected chi connectivity index (χ1v) is 9.53. The Labute approximate surface area is 165 Å². The van der Waals surface area contributed by atoms with Crippen LogP contribution in [0.1, 0.15) is 45.1 Å². The van der Waals surface area contributed by atoms with Gasteiger partial charge in [0.25, 0.3) is 0 Å². The number of carboxylic acids is 1. The Morgan fingerprint density at radius 2 is 1.82 bits per heavy atom. The molecule has 1 aromatic carbocycles. The van der Waals surface area contributed by atoms with Crippen molar-refractivity contribution in [3.05, 3.63) is 35.9 Å². The summed E-state index contributed by atoms with van der Waals surface area (Å²) in [6.07, 6.45) is 1.32. The van der Waals surface area contributed by atoms with Gasteiger partial charge in [-0.25, -0.2) is 9.59 Å². The molecule has 0 heterocycles. The monoisotopic (exact) mass is 393 g/mol. The van der Waals surface area contributed by atoms with E-state index in [2.05, 4.69) is 10.6 Å². The lowest BCUT2D eigenvalue weighted by atomic mass is 10.0. The van der Waals surface area contributed by atoms with Crippen molar-refractivity contribution in [3.63, 3.8) is 0 Å². The van der Waals surface area contributed by atoms with Gasteiger partial charge < -0.3 is 26.2 Å². The van der Waals surface area contributed by atoms with Gasteiger partial charge in [0.05, 0.1) is 6.04 Å². The molecule has 2 amide bonds. The number of nitrogens with one attached hydrogen (secondary N) is 2. The quantitative estimate of drug-likeness (QED) is 0.402. The Morgan fingerprint density at radius 3 is 2.43 bits per heavy atom. The Kier molecular flexibility index (Phi) is 10.6. The highest BCUT2D eigenvalue weighted by Crippen LogP contribution is 2.06. The molecule has 156 valence electrons. The van der Waals surface area contributed by atoms with Crippen LogP contribution in [0.3, 0.4) is 0 Å². The van der Waals surface area contributed by atoms with Gasteiger partial charge in [-0.2, -0.15) is 0 Å². The highest BCUT2D eigenvalue weighted by atomic mass is 16.5. The number of hydrogen-bond acceptors (Lipinski definition) is 5. The van der Waals surface area contributed by atoms with Crippen LogP contribution in [0.25, 0.3) is 0 Å². The second-order valence-electron chi connectivity index (χ2n) is 7.12. The van der Waals surface area contributed by atoms with Crippen molar-refractivity contribution < 1.29 is 24.2 Å². The van der Waals surface area contributed by atoms with Crippen LogP contribution >= 0.6 is 0 Å². The molecule has 0 saturated carbocycles. The Morgan fingerprint density at radius 1 is 1.14 bits per heavy atom. The van der Waals surface area contributed by atoms with Crippen molar-refractivity contribution in [2.24, 2.45) is 11.7 Å². The van der Waals surface area contributed by atoms with E-state index in [1.54, 1.807) is 0 Å². The second kappa shape index (κ2) is 12.7. The zero-order valence-corrected chi connectivity index (χ0v) is 16.5. The maximum atomic E-state index is 12.0. The largest absolute Gasteiger partial charge is 0.480 e. The number of nitrogens with two attached hydrogens (primary N) is 1. The molecule has 1 aromatic rings. The number of rotatable bonds is 12. The minimum absolute atomic E-state index is 0.191. The van der Waals surface area contributed by atoms with Gasteiger partial charge in [-0.3, -0.25) is 4.79 Å². The lowest BCUT2D eigenvalue weighted by Crippen LogP contribution is -2.48. The van der Waals surface area contributed by atoms with Crippen molar-refractivity contribution in [1.82, 2.24) is 10.6 Å². The third-order valence-electron chi connectivity index (χ3n) is 4.08. The van der Waals surface area contributed by atoms with E-state index in [0.29, 0.717) is 25.8 Å². The Hall–Kier alpha value is -2.61. The fourth-order valence-corrected chi connectivity index (χ4v) is 2.59.